The van der Waals surface area contributed by atoms with Crippen molar-refractivity contribution in [1.82, 2.24) is 20.2 Å². The van der Waals surface area contributed by atoms with Crippen molar-refractivity contribution in [1.29, 1.82) is 0 Å². The maximum absolute atomic E-state index is 13.5. The van der Waals surface area contributed by atoms with Crippen LogP contribution in [-0.2, 0) is 16.0 Å². The largest absolute Gasteiger partial charge is 0.497 e. The molecule has 1 N–H and O–H groups in total. The lowest BCUT2D eigenvalue weighted by atomic mass is 9.73. The molecule has 0 unspecified atom stereocenters. The summed E-state index contributed by atoms with van der Waals surface area (Å²) in [6, 6.07) is 7.80. The Kier molecular flexibility index (Phi) is 5.08. The van der Waals surface area contributed by atoms with Gasteiger partial charge in [0.25, 0.3) is 0 Å². The van der Waals surface area contributed by atoms with Crippen LogP contribution in [0.25, 0.3) is 0 Å². The molecule has 2 aliphatic heterocycles. The zero-order chi connectivity index (χ0) is 20.4. The molecule has 8 nitrogen and oxygen atoms in total. The molecular weight excluding hydrogens is 370 g/mol. The number of aromatic nitrogens is 2. The molecule has 0 bridgehead atoms. The maximum atomic E-state index is 13.5. The van der Waals surface area contributed by atoms with Gasteiger partial charge in [-0.15, -0.1) is 0 Å². The van der Waals surface area contributed by atoms with Gasteiger partial charge in [0.1, 0.15) is 11.6 Å². The van der Waals surface area contributed by atoms with Crippen LogP contribution in [0.15, 0.2) is 36.7 Å². The Hall–Kier alpha value is -3.16. The number of benzene rings is 1. The lowest BCUT2D eigenvalue weighted by molar-refractivity contribution is -0.148. The quantitative estimate of drug-likeness (QED) is 0.806. The van der Waals surface area contributed by atoms with Gasteiger partial charge in [-0.2, -0.15) is 0 Å². The van der Waals surface area contributed by atoms with Crippen molar-refractivity contribution in [2.45, 2.75) is 13.3 Å². The summed E-state index contributed by atoms with van der Waals surface area (Å²) in [6.45, 7) is 4.13. The summed E-state index contributed by atoms with van der Waals surface area (Å²) in [7, 11) is 1.63. The van der Waals surface area contributed by atoms with Gasteiger partial charge in [-0.1, -0.05) is 12.1 Å². The number of amides is 2. The highest BCUT2D eigenvalue weighted by Gasteiger charge is 2.52. The molecule has 2 saturated heterocycles. The van der Waals surface area contributed by atoms with Gasteiger partial charge >= 0.3 is 0 Å². The second-order valence-corrected chi connectivity index (χ2v) is 7.76. The molecule has 1 aromatic carbocycles. The van der Waals surface area contributed by atoms with E-state index in [4.69, 9.17) is 4.74 Å². The summed E-state index contributed by atoms with van der Waals surface area (Å²) < 4.78 is 5.34. The van der Waals surface area contributed by atoms with Gasteiger partial charge in [0, 0.05) is 32.4 Å². The van der Waals surface area contributed by atoms with Crippen molar-refractivity contribution in [3.63, 3.8) is 0 Å². The number of methoxy groups -OCH3 is 1. The first-order chi connectivity index (χ1) is 14.0. The molecule has 2 aromatic rings. The molecule has 0 atom stereocenters. The molecule has 1 aromatic heterocycles. The topological polar surface area (TPSA) is 87.7 Å². The zero-order valence-corrected chi connectivity index (χ0v) is 16.7. The molecule has 152 valence electrons. The fourth-order valence-electron chi connectivity index (χ4n) is 4.09. The normalized spacial score (nSPS) is 18.1. The summed E-state index contributed by atoms with van der Waals surface area (Å²) in [5, 5.41) is 2.78. The van der Waals surface area contributed by atoms with Crippen LogP contribution in [-0.4, -0.2) is 66.5 Å². The summed E-state index contributed by atoms with van der Waals surface area (Å²) in [6.07, 6.45) is 4.02. The molecule has 2 aliphatic rings. The molecule has 4 rings (SSSR count). The van der Waals surface area contributed by atoms with Crippen LogP contribution >= 0.6 is 0 Å². The van der Waals surface area contributed by atoms with Gasteiger partial charge in [0.2, 0.25) is 11.8 Å². The average Bonchev–Trinajstić information content (AvgIpc) is 2.70. The SMILES string of the molecule is COc1cccc(CC2(C(=O)N3CCNC(=O)C3)CN(c3cncc(C)n3)C2)c1. The summed E-state index contributed by atoms with van der Waals surface area (Å²) in [5.74, 6) is 1.45. The van der Waals surface area contributed by atoms with E-state index < -0.39 is 5.41 Å². The molecular formula is C21H25N5O3. The van der Waals surface area contributed by atoms with Crippen LogP contribution in [0, 0.1) is 12.3 Å². The lowest BCUT2D eigenvalue weighted by Crippen LogP contribution is -2.67. The third-order valence-corrected chi connectivity index (χ3v) is 5.51. The van der Waals surface area contributed by atoms with E-state index in [-0.39, 0.29) is 18.4 Å². The molecule has 3 heterocycles. The highest BCUT2D eigenvalue weighted by atomic mass is 16.5. The Labute approximate surface area is 169 Å². The predicted molar refractivity (Wildman–Crippen MR) is 108 cm³/mol. The van der Waals surface area contributed by atoms with Crippen LogP contribution in [0.1, 0.15) is 11.3 Å². The predicted octanol–water partition coefficient (Wildman–Crippen LogP) is 0.801. The summed E-state index contributed by atoms with van der Waals surface area (Å²) in [5.41, 5.74) is 1.27. The number of rotatable bonds is 5. The van der Waals surface area contributed by atoms with Crippen molar-refractivity contribution in [2.24, 2.45) is 5.41 Å². The third kappa shape index (κ3) is 3.87. The van der Waals surface area contributed by atoms with Crippen LogP contribution in [0.4, 0.5) is 5.82 Å². The number of nitrogens with one attached hydrogen (secondary N) is 1. The Morgan fingerprint density at radius 1 is 1.31 bits per heavy atom. The Balaban J connectivity index is 1.59. The van der Waals surface area contributed by atoms with E-state index in [2.05, 4.69) is 20.2 Å². The smallest absolute Gasteiger partial charge is 0.239 e. The van der Waals surface area contributed by atoms with E-state index in [0.717, 1.165) is 22.8 Å². The third-order valence-electron chi connectivity index (χ3n) is 5.51. The number of hydrogen-bond donors (Lipinski definition) is 1. The summed E-state index contributed by atoms with van der Waals surface area (Å²) >= 11 is 0. The Morgan fingerprint density at radius 2 is 2.14 bits per heavy atom. The van der Waals surface area contributed by atoms with E-state index in [1.165, 1.54) is 0 Å². The van der Waals surface area contributed by atoms with Gasteiger partial charge in [0.05, 0.1) is 31.0 Å². The first-order valence-electron chi connectivity index (χ1n) is 9.72. The van der Waals surface area contributed by atoms with Crippen LogP contribution in [0.3, 0.4) is 0 Å². The van der Waals surface area contributed by atoms with Crippen molar-refractivity contribution in [3.8, 4) is 5.75 Å². The molecule has 8 heteroatoms. The number of hydrogen-bond acceptors (Lipinski definition) is 6. The fraction of sp³-hybridized carbons (Fsp3) is 0.429. The van der Waals surface area contributed by atoms with Gasteiger partial charge < -0.3 is 19.9 Å². The van der Waals surface area contributed by atoms with Gasteiger partial charge in [0.15, 0.2) is 0 Å². The number of aryl methyl sites for hydroxylation is 1. The first-order valence-corrected chi connectivity index (χ1v) is 9.72. The molecule has 2 fully saturated rings. The van der Waals surface area contributed by atoms with Gasteiger partial charge in [-0.05, 0) is 31.0 Å². The first kappa shape index (κ1) is 19.2. The number of carbonyl (C=O) groups excluding carboxylic acids is 2. The van der Waals surface area contributed by atoms with Crippen molar-refractivity contribution in [3.05, 3.63) is 47.9 Å². The van der Waals surface area contributed by atoms with Crippen LogP contribution in [0.2, 0.25) is 0 Å². The highest BCUT2D eigenvalue weighted by molar-refractivity contribution is 5.91. The van der Waals surface area contributed by atoms with Crippen LogP contribution < -0.4 is 15.0 Å². The standard InChI is InChI=1S/C21H25N5O3/c1-15-10-22-11-18(24-15)26-13-21(14-26,9-16-4-3-5-17(8-16)29-2)20(28)25-7-6-23-19(27)12-25/h3-5,8,10-11H,6-7,9,12-14H2,1-2H3,(H,23,27). The van der Waals surface area contributed by atoms with Gasteiger partial charge in [-0.25, -0.2) is 4.98 Å². The number of carbonyl (C=O) groups is 2. The molecule has 0 radical (unpaired) electrons. The van der Waals surface area contributed by atoms with E-state index >= 15 is 0 Å². The average molecular weight is 395 g/mol. The number of ether oxygens (including phenoxy) is 1. The van der Waals surface area contributed by atoms with Crippen molar-refractivity contribution in [2.75, 3.05) is 44.7 Å². The van der Waals surface area contributed by atoms with E-state index in [9.17, 15) is 9.59 Å². The van der Waals surface area contributed by atoms with Gasteiger partial charge in [-0.3, -0.25) is 14.6 Å². The molecule has 0 aliphatic carbocycles. The molecule has 0 saturated carbocycles. The monoisotopic (exact) mass is 395 g/mol. The van der Waals surface area contributed by atoms with Crippen LogP contribution in [0.5, 0.6) is 5.75 Å². The molecule has 29 heavy (non-hydrogen) atoms. The number of nitrogens with zero attached hydrogens (tertiary/aromatic N) is 4. The molecule has 0 spiro atoms. The minimum absolute atomic E-state index is 0.0204. The van der Waals surface area contributed by atoms with Crippen molar-refractivity contribution < 1.29 is 14.3 Å². The van der Waals surface area contributed by atoms with E-state index in [0.29, 0.717) is 32.6 Å². The Bertz CT molecular complexity index is 926. The number of anilines is 1. The van der Waals surface area contributed by atoms with E-state index in [1.54, 1.807) is 24.4 Å². The van der Waals surface area contributed by atoms with Crippen molar-refractivity contribution >= 4 is 17.6 Å². The second kappa shape index (κ2) is 7.69. The highest BCUT2D eigenvalue weighted by Crippen LogP contribution is 2.39. The molecule has 2 amide bonds. The maximum Gasteiger partial charge on any atom is 0.239 e. The fourth-order valence-corrected chi connectivity index (χ4v) is 4.09. The summed E-state index contributed by atoms with van der Waals surface area (Å²) in [4.78, 5) is 37.8. The Morgan fingerprint density at radius 3 is 2.86 bits per heavy atom. The number of piperazine rings is 1. The lowest BCUT2D eigenvalue weighted by Gasteiger charge is -2.51. The minimum Gasteiger partial charge on any atom is -0.497 e. The zero-order valence-electron chi connectivity index (χ0n) is 16.7. The second-order valence-electron chi connectivity index (χ2n) is 7.76. The minimum atomic E-state index is -0.602. The van der Waals surface area contributed by atoms with E-state index in [1.807, 2.05) is 31.2 Å².